The van der Waals surface area contributed by atoms with E-state index in [0.717, 1.165) is 77.7 Å². The number of nitrogens with zero attached hydrogens (tertiary/aromatic N) is 3. The lowest BCUT2D eigenvalue weighted by molar-refractivity contribution is -0.146. The highest BCUT2D eigenvalue weighted by atomic mass is 16.5. The molecular formula is C20H38N4O3. The lowest BCUT2D eigenvalue weighted by Gasteiger charge is -2.36. The Bertz CT molecular complexity index is 470. The maximum absolute atomic E-state index is 11.8. The molecular weight excluding hydrogens is 344 g/mol. The number of methoxy groups -OCH3 is 1. The largest absolute Gasteiger partial charge is 0.469 e. The van der Waals surface area contributed by atoms with E-state index in [1.807, 2.05) is 0 Å². The van der Waals surface area contributed by atoms with Crippen molar-refractivity contribution in [3.63, 3.8) is 0 Å². The predicted molar refractivity (Wildman–Crippen MR) is 108 cm³/mol. The molecule has 0 bridgehead atoms. The summed E-state index contributed by atoms with van der Waals surface area (Å²) in [6, 6.07) is 0.454. The van der Waals surface area contributed by atoms with Crippen LogP contribution >= 0.6 is 0 Å². The Morgan fingerprint density at radius 3 is 2.44 bits per heavy atom. The van der Waals surface area contributed by atoms with E-state index in [0.29, 0.717) is 12.0 Å². The quantitative estimate of drug-likeness (QED) is 0.410. The number of ether oxygens (including phenoxy) is 2. The van der Waals surface area contributed by atoms with Gasteiger partial charge in [-0.05, 0) is 32.1 Å². The van der Waals surface area contributed by atoms with Gasteiger partial charge in [-0.3, -0.25) is 14.7 Å². The summed E-state index contributed by atoms with van der Waals surface area (Å²) in [4.78, 5) is 21.6. The average Bonchev–Trinajstić information content (AvgIpc) is 2.70. The first kappa shape index (κ1) is 22.0. The van der Waals surface area contributed by atoms with Crippen molar-refractivity contribution in [2.75, 3.05) is 59.6 Å². The minimum atomic E-state index is -0.0825. The molecule has 0 aromatic carbocycles. The van der Waals surface area contributed by atoms with Crippen LogP contribution in [0.15, 0.2) is 4.99 Å². The third kappa shape index (κ3) is 6.96. The number of guanidine groups is 1. The van der Waals surface area contributed by atoms with Crippen LogP contribution in [0.3, 0.4) is 0 Å². The molecule has 0 saturated carbocycles. The zero-order chi connectivity index (χ0) is 19.6. The number of nitrogens with one attached hydrogen (secondary N) is 1. The van der Waals surface area contributed by atoms with Gasteiger partial charge in [0.2, 0.25) is 0 Å². The molecule has 2 aliphatic rings. The minimum absolute atomic E-state index is 0.0242. The van der Waals surface area contributed by atoms with Gasteiger partial charge in [-0.2, -0.15) is 0 Å². The highest BCUT2D eigenvalue weighted by Crippen LogP contribution is 2.19. The van der Waals surface area contributed by atoms with E-state index in [4.69, 9.17) is 14.5 Å². The van der Waals surface area contributed by atoms with Crippen molar-refractivity contribution in [1.82, 2.24) is 15.1 Å². The van der Waals surface area contributed by atoms with Gasteiger partial charge >= 0.3 is 5.97 Å². The second kappa shape index (κ2) is 11.5. The number of esters is 1. The van der Waals surface area contributed by atoms with Crippen molar-refractivity contribution < 1.29 is 14.3 Å². The van der Waals surface area contributed by atoms with Crippen molar-refractivity contribution in [2.24, 2.45) is 16.8 Å². The molecule has 1 atom stereocenters. The molecule has 0 aliphatic carbocycles. The SMILES string of the molecule is CCNC(=NCC(CC(C)C)N1CCOCC1)N1CCC(C(=O)OC)CC1. The van der Waals surface area contributed by atoms with Crippen LogP contribution in [-0.2, 0) is 14.3 Å². The summed E-state index contributed by atoms with van der Waals surface area (Å²) in [5, 5.41) is 3.44. The van der Waals surface area contributed by atoms with Gasteiger partial charge in [0.25, 0.3) is 0 Å². The van der Waals surface area contributed by atoms with Crippen molar-refractivity contribution in [3.8, 4) is 0 Å². The monoisotopic (exact) mass is 382 g/mol. The first-order chi connectivity index (χ1) is 13.0. The molecule has 2 fully saturated rings. The van der Waals surface area contributed by atoms with E-state index in [1.165, 1.54) is 7.11 Å². The summed E-state index contributed by atoms with van der Waals surface area (Å²) in [6.07, 6.45) is 2.80. The molecule has 2 heterocycles. The molecule has 0 amide bonds. The fourth-order valence-electron chi connectivity index (χ4n) is 3.94. The number of carbonyl (C=O) groups is 1. The van der Waals surface area contributed by atoms with Crippen LogP contribution in [0.5, 0.6) is 0 Å². The van der Waals surface area contributed by atoms with Crippen molar-refractivity contribution in [3.05, 3.63) is 0 Å². The van der Waals surface area contributed by atoms with Gasteiger partial charge in [-0.1, -0.05) is 13.8 Å². The van der Waals surface area contributed by atoms with E-state index in [9.17, 15) is 4.79 Å². The zero-order valence-corrected chi connectivity index (χ0v) is 17.6. The van der Waals surface area contributed by atoms with Crippen molar-refractivity contribution in [2.45, 2.75) is 46.1 Å². The number of morpholine rings is 1. The van der Waals surface area contributed by atoms with Crippen molar-refractivity contribution >= 4 is 11.9 Å². The molecule has 7 heteroatoms. The lowest BCUT2D eigenvalue weighted by atomic mass is 9.97. The lowest BCUT2D eigenvalue weighted by Crippen LogP contribution is -2.48. The molecule has 1 unspecified atom stereocenters. The maximum atomic E-state index is 11.8. The number of aliphatic imine (C=N–C) groups is 1. The highest BCUT2D eigenvalue weighted by Gasteiger charge is 2.27. The molecule has 1 N–H and O–H groups in total. The van der Waals surface area contributed by atoms with Crippen LogP contribution < -0.4 is 5.32 Å². The van der Waals surface area contributed by atoms with E-state index < -0.39 is 0 Å². The van der Waals surface area contributed by atoms with Crippen LogP contribution in [0.4, 0.5) is 0 Å². The smallest absolute Gasteiger partial charge is 0.308 e. The Labute approximate surface area is 164 Å². The normalized spacial score (nSPS) is 21.4. The Hall–Kier alpha value is -1.34. The first-order valence-electron chi connectivity index (χ1n) is 10.5. The summed E-state index contributed by atoms with van der Waals surface area (Å²) in [6.45, 7) is 13.6. The van der Waals surface area contributed by atoms with Gasteiger partial charge in [0, 0.05) is 38.8 Å². The number of carbonyl (C=O) groups excluding carboxylic acids is 1. The third-order valence-electron chi connectivity index (χ3n) is 5.42. The molecule has 156 valence electrons. The molecule has 27 heavy (non-hydrogen) atoms. The standard InChI is InChI=1S/C20H38N4O3/c1-5-21-20(24-8-6-17(7-9-24)19(25)26-4)22-15-18(14-16(2)3)23-10-12-27-13-11-23/h16-18H,5-15H2,1-4H3,(H,21,22). The molecule has 2 rings (SSSR count). The van der Waals surface area contributed by atoms with Gasteiger partial charge in [0.05, 0.1) is 32.8 Å². The Morgan fingerprint density at radius 2 is 1.89 bits per heavy atom. The minimum Gasteiger partial charge on any atom is -0.469 e. The van der Waals surface area contributed by atoms with Gasteiger partial charge in [-0.25, -0.2) is 0 Å². The summed E-state index contributed by atoms with van der Waals surface area (Å²) in [5.41, 5.74) is 0. The molecule has 0 spiro atoms. The maximum Gasteiger partial charge on any atom is 0.308 e. The highest BCUT2D eigenvalue weighted by molar-refractivity contribution is 5.80. The topological polar surface area (TPSA) is 66.4 Å². The fourth-order valence-corrected chi connectivity index (χ4v) is 3.94. The Kier molecular flexibility index (Phi) is 9.34. The fraction of sp³-hybridized carbons (Fsp3) is 0.900. The number of hydrogen-bond donors (Lipinski definition) is 1. The number of likely N-dealkylation sites (tertiary alicyclic amines) is 1. The van der Waals surface area contributed by atoms with E-state index in [-0.39, 0.29) is 11.9 Å². The van der Waals surface area contributed by atoms with Crippen LogP contribution in [0, 0.1) is 11.8 Å². The summed E-state index contributed by atoms with van der Waals surface area (Å²) >= 11 is 0. The van der Waals surface area contributed by atoms with Crippen LogP contribution in [-0.4, -0.2) is 87.4 Å². The number of rotatable bonds is 7. The van der Waals surface area contributed by atoms with Crippen LogP contribution in [0.25, 0.3) is 0 Å². The summed E-state index contributed by atoms with van der Waals surface area (Å²) in [5.74, 6) is 1.56. The first-order valence-corrected chi connectivity index (χ1v) is 10.5. The summed E-state index contributed by atoms with van der Waals surface area (Å²) < 4.78 is 10.4. The molecule has 0 aromatic heterocycles. The third-order valence-corrected chi connectivity index (χ3v) is 5.42. The average molecular weight is 383 g/mol. The molecule has 0 aromatic rings. The molecule has 2 saturated heterocycles. The van der Waals surface area contributed by atoms with E-state index >= 15 is 0 Å². The molecule has 2 aliphatic heterocycles. The second-order valence-corrected chi connectivity index (χ2v) is 7.91. The number of hydrogen-bond acceptors (Lipinski definition) is 5. The van der Waals surface area contributed by atoms with Gasteiger partial charge < -0.3 is 19.7 Å². The van der Waals surface area contributed by atoms with E-state index in [1.54, 1.807) is 0 Å². The summed E-state index contributed by atoms with van der Waals surface area (Å²) in [7, 11) is 1.47. The predicted octanol–water partition coefficient (Wildman–Crippen LogP) is 1.58. The Balaban J connectivity index is 1.98. The van der Waals surface area contributed by atoms with Crippen LogP contribution in [0.2, 0.25) is 0 Å². The van der Waals surface area contributed by atoms with Crippen molar-refractivity contribution in [1.29, 1.82) is 0 Å². The van der Waals surface area contributed by atoms with Crippen LogP contribution in [0.1, 0.15) is 40.0 Å². The van der Waals surface area contributed by atoms with Gasteiger partial charge in [0.15, 0.2) is 5.96 Å². The number of piperidine rings is 1. The van der Waals surface area contributed by atoms with Gasteiger partial charge in [0.1, 0.15) is 0 Å². The van der Waals surface area contributed by atoms with E-state index in [2.05, 4.69) is 35.9 Å². The zero-order valence-electron chi connectivity index (χ0n) is 17.6. The molecule has 0 radical (unpaired) electrons. The second-order valence-electron chi connectivity index (χ2n) is 7.91. The molecule has 7 nitrogen and oxygen atoms in total. The Morgan fingerprint density at radius 1 is 1.22 bits per heavy atom. The van der Waals surface area contributed by atoms with Gasteiger partial charge in [-0.15, -0.1) is 0 Å².